The molecule has 1 atom stereocenters. The van der Waals surface area contributed by atoms with Gasteiger partial charge < -0.3 is 14.7 Å². The van der Waals surface area contributed by atoms with Crippen LogP contribution in [0.4, 0.5) is 10.2 Å². The number of fused-ring (bicyclic) bond motifs is 3. The van der Waals surface area contributed by atoms with E-state index in [0.717, 1.165) is 64.6 Å². The number of anilines is 1. The van der Waals surface area contributed by atoms with E-state index in [1.165, 1.54) is 20.4 Å². The molecular formula is C32H41FN8O4S. The highest BCUT2D eigenvalue weighted by Gasteiger charge is 2.45. The lowest BCUT2D eigenvalue weighted by Gasteiger charge is -2.38. The van der Waals surface area contributed by atoms with Crippen molar-refractivity contribution in [2.75, 3.05) is 51.8 Å². The van der Waals surface area contributed by atoms with Gasteiger partial charge in [-0.05, 0) is 89.6 Å². The molecule has 12 nitrogen and oxygen atoms in total. The van der Waals surface area contributed by atoms with Gasteiger partial charge in [-0.1, -0.05) is 0 Å². The van der Waals surface area contributed by atoms with Gasteiger partial charge in [0.1, 0.15) is 30.0 Å². The van der Waals surface area contributed by atoms with Crippen LogP contribution in [-0.2, 0) is 10.2 Å². The second-order valence-electron chi connectivity index (χ2n) is 13.6. The third kappa shape index (κ3) is 5.00. The Morgan fingerprint density at radius 3 is 2.46 bits per heavy atom. The number of aryl methyl sites for hydroxylation is 1. The molecule has 0 saturated carbocycles. The summed E-state index contributed by atoms with van der Waals surface area (Å²) in [4.78, 5) is 22.9. The fraction of sp³-hybridized carbons (Fsp3) is 0.562. The number of pyridine rings is 1. The van der Waals surface area contributed by atoms with Crippen LogP contribution in [0.2, 0.25) is 0 Å². The first kappa shape index (κ1) is 31.2. The van der Waals surface area contributed by atoms with Crippen LogP contribution in [0, 0.1) is 19.7 Å². The lowest BCUT2D eigenvalue weighted by molar-refractivity contribution is 0.0447. The molecule has 3 fully saturated rings. The van der Waals surface area contributed by atoms with E-state index >= 15 is 4.39 Å². The summed E-state index contributed by atoms with van der Waals surface area (Å²) in [6.45, 7) is 8.98. The molecule has 0 bridgehead atoms. The summed E-state index contributed by atoms with van der Waals surface area (Å²) in [5.74, 6) is -0.200. The Morgan fingerprint density at radius 1 is 1.04 bits per heavy atom. The Morgan fingerprint density at radius 2 is 1.76 bits per heavy atom. The van der Waals surface area contributed by atoms with E-state index in [-0.39, 0.29) is 22.8 Å². The highest BCUT2D eigenvalue weighted by Crippen LogP contribution is 2.41. The molecule has 0 amide bonds. The molecule has 3 aromatic heterocycles. The molecule has 0 spiro atoms. The van der Waals surface area contributed by atoms with Crippen LogP contribution in [0.15, 0.2) is 18.6 Å². The fourth-order valence-electron chi connectivity index (χ4n) is 7.57. The maximum Gasteiger partial charge on any atom is 0.319 e. The number of piperidine rings is 1. The number of imidazole rings is 1. The van der Waals surface area contributed by atoms with Crippen molar-refractivity contribution in [2.45, 2.75) is 70.4 Å². The fourth-order valence-corrected chi connectivity index (χ4v) is 8.47. The number of β-amino-alcohol motifs (C(OH)–C–C–N with tert-alkyl or cyclic N) is 1. The summed E-state index contributed by atoms with van der Waals surface area (Å²) < 4.78 is 51.7. The van der Waals surface area contributed by atoms with Crippen LogP contribution < -0.4 is 9.64 Å². The van der Waals surface area contributed by atoms with Gasteiger partial charge in [-0.15, -0.1) is 0 Å². The van der Waals surface area contributed by atoms with Gasteiger partial charge in [0.2, 0.25) is 0 Å². The molecule has 3 saturated heterocycles. The number of benzene rings is 1. The number of ether oxygens (including phenoxy) is 1. The molecular weight excluding hydrogens is 611 g/mol. The Balaban J connectivity index is 1.39. The van der Waals surface area contributed by atoms with Crippen molar-refractivity contribution in [1.82, 2.24) is 33.1 Å². The minimum absolute atomic E-state index is 0.0174. The second kappa shape index (κ2) is 11.1. The van der Waals surface area contributed by atoms with Gasteiger partial charge in [-0.25, -0.2) is 13.3 Å². The highest BCUT2D eigenvalue weighted by atomic mass is 32.2. The number of halogens is 1. The number of aliphatic hydroxyl groups is 1. The van der Waals surface area contributed by atoms with Gasteiger partial charge >= 0.3 is 16.2 Å². The zero-order valence-electron chi connectivity index (χ0n) is 27.0. The molecule has 1 N–H and O–H groups in total. The van der Waals surface area contributed by atoms with E-state index in [1.807, 2.05) is 18.7 Å². The standard InChI is InChI=1S/C32H41FN8O4S/c1-20-15-23-27(35-19-41(23)46(43,44)38(4)5)24(21(20)2)28-25(33)26-22(16-34-28)29(39-12-6-9-31(3,42)17-39)37-30(36-26)45-18-32-10-7-13-40(32)14-8-11-32/h15-16,19,42H,6-14,17-18H2,1-5H3/t31-/m1/s1. The zero-order chi connectivity index (χ0) is 32.6. The summed E-state index contributed by atoms with van der Waals surface area (Å²) >= 11 is 0. The van der Waals surface area contributed by atoms with E-state index in [1.54, 1.807) is 19.2 Å². The van der Waals surface area contributed by atoms with E-state index < -0.39 is 21.6 Å². The van der Waals surface area contributed by atoms with Crippen molar-refractivity contribution in [2.24, 2.45) is 0 Å². The first-order chi connectivity index (χ1) is 21.8. The van der Waals surface area contributed by atoms with Crippen molar-refractivity contribution >= 4 is 38.0 Å². The van der Waals surface area contributed by atoms with Crippen LogP contribution in [-0.4, -0.2) is 105 Å². The summed E-state index contributed by atoms with van der Waals surface area (Å²) in [5.41, 5.74) is 1.63. The predicted octanol–water partition coefficient (Wildman–Crippen LogP) is 3.81. The van der Waals surface area contributed by atoms with E-state index in [0.29, 0.717) is 53.9 Å². The average Bonchev–Trinajstić information content (AvgIpc) is 3.71. The van der Waals surface area contributed by atoms with Gasteiger partial charge in [-0.3, -0.25) is 9.88 Å². The Hall–Kier alpha value is -3.46. The Kier molecular flexibility index (Phi) is 7.50. The Labute approximate surface area is 268 Å². The van der Waals surface area contributed by atoms with Gasteiger partial charge in [0.15, 0.2) is 5.82 Å². The SMILES string of the molecule is Cc1cc2c(ncn2S(=O)(=O)N(C)C)c(-c2ncc3c(N4CCC[C@@](C)(O)C4)nc(OCC45CCCN4CCC5)nc3c2F)c1C. The van der Waals surface area contributed by atoms with Gasteiger partial charge in [0.25, 0.3) is 0 Å². The molecule has 0 unspecified atom stereocenters. The van der Waals surface area contributed by atoms with Gasteiger partial charge in [0.05, 0.1) is 27.6 Å². The third-order valence-electron chi connectivity index (χ3n) is 10.2. The minimum Gasteiger partial charge on any atom is -0.461 e. The maximum atomic E-state index is 17.0. The van der Waals surface area contributed by atoms with Crippen molar-refractivity contribution < 1.29 is 22.7 Å². The van der Waals surface area contributed by atoms with E-state index in [2.05, 4.69) is 19.9 Å². The number of aromatic nitrogens is 5. The summed E-state index contributed by atoms with van der Waals surface area (Å²) in [6, 6.07) is 1.83. The summed E-state index contributed by atoms with van der Waals surface area (Å²) in [7, 11) is -0.986. The van der Waals surface area contributed by atoms with Crippen LogP contribution in [0.3, 0.4) is 0 Å². The first-order valence-electron chi connectivity index (χ1n) is 15.9. The van der Waals surface area contributed by atoms with Crippen LogP contribution in [0.5, 0.6) is 6.01 Å². The molecule has 246 valence electrons. The van der Waals surface area contributed by atoms with Crippen LogP contribution in [0.1, 0.15) is 56.6 Å². The third-order valence-corrected chi connectivity index (χ3v) is 11.9. The first-order valence-corrected chi connectivity index (χ1v) is 17.3. The predicted molar refractivity (Wildman–Crippen MR) is 174 cm³/mol. The van der Waals surface area contributed by atoms with E-state index in [9.17, 15) is 13.5 Å². The van der Waals surface area contributed by atoms with E-state index in [4.69, 9.17) is 9.72 Å². The number of rotatable bonds is 7. The average molecular weight is 653 g/mol. The molecule has 1 aromatic carbocycles. The van der Waals surface area contributed by atoms with Gasteiger partial charge in [0, 0.05) is 38.9 Å². The lowest BCUT2D eigenvalue weighted by Crippen LogP contribution is -2.46. The number of hydrogen-bond donors (Lipinski definition) is 1. The van der Waals surface area contributed by atoms with Crippen molar-refractivity contribution in [3.8, 4) is 17.3 Å². The molecule has 3 aliphatic heterocycles. The normalized spacial score (nSPS) is 22.0. The zero-order valence-corrected chi connectivity index (χ0v) is 27.9. The molecule has 0 radical (unpaired) electrons. The lowest BCUT2D eigenvalue weighted by atomic mass is 9.95. The van der Waals surface area contributed by atoms with Crippen molar-refractivity contribution in [3.05, 3.63) is 35.5 Å². The molecule has 3 aliphatic rings. The quantitative estimate of drug-likeness (QED) is 0.315. The topological polar surface area (TPSA) is 130 Å². The number of hydrogen-bond acceptors (Lipinski definition) is 10. The summed E-state index contributed by atoms with van der Waals surface area (Å²) in [6.07, 6.45) is 8.54. The molecule has 7 rings (SSSR count). The van der Waals surface area contributed by atoms with Crippen LogP contribution >= 0.6 is 0 Å². The van der Waals surface area contributed by atoms with Crippen molar-refractivity contribution in [1.29, 1.82) is 0 Å². The molecule has 4 aromatic rings. The summed E-state index contributed by atoms with van der Waals surface area (Å²) in [5, 5.41) is 11.3. The van der Waals surface area contributed by atoms with Gasteiger partial charge in [-0.2, -0.15) is 22.7 Å². The van der Waals surface area contributed by atoms with Crippen molar-refractivity contribution in [3.63, 3.8) is 0 Å². The largest absolute Gasteiger partial charge is 0.461 e. The Bertz CT molecular complexity index is 1950. The smallest absolute Gasteiger partial charge is 0.319 e. The molecule has 46 heavy (non-hydrogen) atoms. The highest BCUT2D eigenvalue weighted by molar-refractivity contribution is 7.87. The van der Waals surface area contributed by atoms with Crippen LogP contribution in [0.25, 0.3) is 33.2 Å². The number of nitrogens with zero attached hydrogens (tertiary/aromatic N) is 8. The molecule has 0 aliphatic carbocycles. The second-order valence-corrected chi connectivity index (χ2v) is 15.7. The molecule has 6 heterocycles. The minimum atomic E-state index is -3.88. The maximum absolute atomic E-state index is 17.0. The molecule has 14 heteroatoms. The monoisotopic (exact) mass is 652 g/mol.